The van der Waals surface area contributed by atoms with Gasteiger partial charge in [0.15, 0.2) is 0 Å². The van der Waals surface area contributed by atoms with Crippen molar-refractivity contribution in [3.8, 4) is 0 Å². The fourth-order valence-electron chi connectivity index (χ4n) is 7.50. The summed E-state index contributed by atoms with van der Waals surface area (Å²) >= 11 is 0. The maximum Gasteiger partial charge on any atom is 3.00 e. The topological polar surface area (TPSA) is 20.2 Å². The smallest absolute Gasteiger partial charge is 0.380 e. The number of aliphatic hydroxyl groups is 1. The van der Waals surface area contributed by atoms with Crippen LogP contribution in [0.25, 0.3) is 0 Å². The van der Waals surface area contributed by atoms with Gasteiger partial charge in [0.05, 0.1) is 0 Å². The first kappa shape index (κ1) is 41.5. The van der Waals surface area contributed by atoms with E-state index < -0.39 is 5.60 Å². The van der Waals surface area contributed by atoms with Gasteiger partial charge in [-0.25, -0.2) is 0 Å². The van der Waals surface area contributed by atoms with E-state index in [1.54, 1.807) is 0 Å². The number of hydrogen-bond acceptors (Lipinski definition) is 1. The molecule has 0 amide bonds. The van der Waals surface area contributed by atoms with Crippen molar-refractivity contribution in [3.63, 3.8) is 0 Å². The normalized spacial score (nSPS) is 31.0. The number of hydrogen-bond donors (Lipinski definition) is 1. The summed E-state index contributed by atoms with van der Waals surface area (Å²) in [6.07, 6.45) is 0.790. The average molecular weight is 661 g/mol. The predicted molar refractivity (Wildman–Crippen MR) is 185 cm³/mol. The van der Waals surface area contributed by atoms with Crippen molar-refractivity contribution in [1.29, 1.82) is 0 Å². The summed E-state index contributed by atoms with van der Waals surface area (Å²) in [5, 5.41) is 11.8. The standard InChI is InChI=1S/C23H30O.C10H20.C6H5.2CH3.Zr/c1-16-17(2)19(4)22(18(16)3)15-23(24,20-11-7-5-8-12-20)21-13-9-6-10-14-21;1-6-7(2)9(4)10(5)8(6)3;1-2-4-6-5-3-1;;;/h5-14,16-19,22,24H,15H2,1-4H3;6-10H,1-5H3;1-5H;2*1H3;/q;;3*-1;+3. The first-order valence-electron chi connectivity index (χ1n) is 15.7. The molecule has 0 aromatic heterocycles. The molecule has 2 heteroatoms. The minimum Gasteiger partial charge on any atom is -0.380 e. The van der Waals surface area contributed by atoms with Gasteiger partial charge in [0, 0.05) is 0 Å². The molecule has 4 atom stereocenters. The quantitative estimate of drug-likeness (QED) is 0.276. The molecule has 3 aromatic carbocycles. The Morgan fingerprint density at radius 2 is 0.767 bits per heavy atom. The van der Waals surface area contributed by atoms with Gasteiger partial charge in [-0.1, -0.05) is 123 Å². The van der Waals surface area contributed by atoms with Gasteiger partial charge in [0.25, 0.3) is 0 Å². The Bertz CT molecular complexity index is 975. The van der Waals surface area contributed by atoms with Crippen molar-refractivity contribution in [3.05, 3.63) is 123 Å². The van der Waals surface area contributed by atoms with Gasteiger partial charge >= 0.3 is 26.2 Å². The Morgan fingerprint density at radius 1 is 0.488 bits per heavy atom. The second-order valence-electron chi connectivity index (χ2n) is 13.3. The first-order valence-corrected chi connectivity index (χ1v) is 15.7. The molecular formula is C41H61OZr. The largest absolute Gasteiger partial charge is 3.00 e. The second-order valence-corrected chi connectivity index (χ2v) is 13.3. The molecule has 1 nitrogen and oxygen atoms in total. The molecule has 2 fully saturated rings. The zero-order valence-electron chi connectivity index (χ0n) is 29.1. The van der Waals surface area contributed by atoms with Crippen molar-refractivity contribution in [2.75, 3.05) is 0 Å². The summed E-state index contributed by atoms with van der Waals surface area (Å²) in [5.74, 6) is 7.89. The number of benzene rings is 3. The second kappa shape index (κ2) is 19.1. The molecule has 2 saturated carbocycles. The SMILES string of the molecule is CC1C(C)C(C)C(C)C1C.CC1C(C)C(C)C(CC(O)(c2ccccc2)c2ccccc2)C1C.[CH3-].[CH3-].[Zr+3].[c-]1ccccc1. The van der Waals surface area contributed by atoms with E-state index in [1.165, 1.54) is 0 Å². The van der Waals surface area contributed by atoms with Crippen LogP contribution in [0.3, 0.4) is 0 Å². The molecule has 0 heterocycles. The summed E-state index contributed by atoms with van der Waals surface area (Å²) in [6, 6.07) is 32.9. The fraction of sp³-hybridized carbons (Fsp3) is 0.512. The van der Waals surface area contributed by atoms with E-state index in [0.717, 1.165) is 47.1 Å². The molecular weight excluding hydrogens is 600 g/mol. The molecule has 2 aliphatic carbocycles. The maximum atomic E-state index is 11.8. The summed E-state index contributed by atoms with van der Waals surface area (Å²) in [5.41, 5.74) is 1.09. The molecule has 43 heavy (non-hydrogen) atoms. The predicted octanol–water partition coefficient (Wildman–Crippen LogP) is 11.1. The van der Waals surface area contributed by atoms with E-state index in [4.69, 9.17) is 0 Å². The third kappa shape index (κ3) is 10.00. The van der Waals surface area contributed by atoms with Crippen LogP contribution < -0.4 is 0 Å². The molecule has 3 aromatic rings. The Hall–Kier alpha value is -1.50. The van der Waals surface area contributed by atoms with E-state index >= 15 is 0 Å². The van der Waals surface area contributed by atoms with Crippen molar-refractivity contribution < 1.29 is 31.3 Å². The van der Waals surface area contributed by atoms with E-state index in [9.17, 15) is 5.11 Å². The molecule has 1 radical (unpaired) electrons. The van der Waals surface area contributed by atoms with Crippen LogP contribution in [0.15, 0.2) is 91.0 Å². The molecule has 0 saturated heterocycles. The maximum absolute atomic E-state index is 11.8. The van der Waals surface area contributed by atoms with E-state index in [1.807, 2.05) is 66.7 Å². The van der Waals surface area contributed by atoms with Crippen LogP contribution >= 0.6 is 0 Å². The summed E-state index contributed by atoms with van der Waals surface area (Å²) < 4.78 is 0. The van der Waals surface area contributed by atoms with E-state index in [2.05, 4.69) is 92.6 Å². The Labute approximate surface area is 286 Å². The van der Waals surface area contributed by atoms with Crippen LogP contribution in [0.4, 0.5) is 0 Å². The van der Waals surface area contributed by atoms with Crippen molar-refractivity contribution >= 4 is 0 Å². The Morgan fingerprint density at radius 3 is 1.02 bits per heavy atom. The Balaban J connectivity index is 0.000000770. The van der Waals surface area contributed by atoms with Crippen molar-refractivity contribution in [1.82, 2.24) is 0 Å². The van der Waals surface area contributed by atoms with Crippen molar-refractivity contribution in [2.24, 2.45) is 59.2 Å². The molecule has 0 spiro atoms. The fourth-order valence-corrected chi connectivity index (χ4v) is 7.50. The van der Waals surface area contributed by atoms with Crippen molar-refractivity contribution in [2.45, 2.75) is 74.3 Å². The molecule has 0 aliphatic heterocycles. The van der Waals surface area contributed by atoms with Gasteiger partial charge in [-0.15, -0.1) is 0 Å². The molecule has 5 rings (SSSR count). The van der Waals surface area contributed by atoms with Gasteiger partial charge in [-0.2, -0.15) is 36.4 Å². The van der Waals surface area contributed by atoms with Crippen LogP contribution in [0.5, 0.6) is 0 Å². The van der Waals surface area contributed by atoms with Crippen LogP contribution in [0, 0.1) is 80.1 Å². The van der Waals surface area contributed by atoms with Crippen LogP contribution in [-0.2, 0) is 31.8 Å². The number of rotatable bonds is 4. The third-order valence-corrected chi connectivity index (χ3v) is 11.6. The van der Waals surface area contributed by atoms with Gasteiger partial charge < -0.3 is 20.0 Å². The van der Waals surface area contributed by atoms with Crippen LogP contribution in [-0.4, -0.2) is 5.11 Å². The summed E-state index contributed by atoms with van der Waals surface area (Å²) in [7, 11) is 0. The minimum absolute atomic E-state index is 0. The monoisotopic (exact) mass is 659 g/mol. The molecule has 2 aliphatic rings. The van der Waals surface area contributed by atoms with E-state index in [-0.39, 0.29) is 41.1 Å². The van der Waals surface area contributed by atoms with Crippen LogP contribution in [0.2, 0.25) is 0 Å². The van der Waals surface area contributed by atoms with Gasteiger partial charge in [-0.05, 0) is 76.7 Å². The summed E-state index contributed by atoms with van der Waals surface area (Å²) in [6.45, 7) is 21.5. The first-order chi connectivity index (χ1) is 19.0. The van der Waals surface area contributed by atoms with Gasteiger partial charge in [0.2, 0.25) is 0 Å². The minimum atomic E-state index is -0.917. The Kier molecular flexibility index (Phi) is 18.4. The zero-order valence-corrected chi connectivity index (χ0v) is 31.5. The van der Waals surface area contributed by atoms with Crippen LogP contribution in [0.1, 0.15) is 79.9 Å². The van der Waals surface area contributed by atoms with Gasteiger partial charge in [-0.3, -0.25) is 0 Å². The van der Waals surface area contributed by atoms with E-state index in [0.29, 0.717) is 29.6 Å². The molecule has 0 bridgehead atoms. The van der Waals surface area contributed by atoms with Gasteiger partial charge in [0.1, 0.15) is 5.60 Å². The third-order valence-electron chi connectivity index (χ3n) is 11.6. The molecule has 1 N–H and O–H groups in total. The average Bonchev–Trinajstić information content (AvgIpc) is 3.29. The zero-order chi connectivity index (χ0) is 29.4. The molecule has 235 valence electrons. The molecule has 4 unspecified atom stereocenters. The summed E-state index contributed by atoms with van der Waals surface area (Å²) in [4.78, 5) is 0.